The zero-order valence-corrected chi connectivity index (χ0v) is 18.7. The third kappa shape index (κ3) is 3.94. The van der Waals surface area contributed by atoms with E-state index in [4.69, 9.17) is 10.1 Å². The summed E-state index contributed by atoms with van der Waals surface area (Å²) in [4.78, 5) is 23.8. The number of imidazole rings is 1. The number of benzene rings is 2. The molecule has 2 aromatic carbocycles. The monoisotopic (exact) mass is 451 g/mol. The molecule has 0 aliphatic heterocycles. The molecule has 0 bridgehead atoms. The van der Waals surface area contributed by atoms with Crippen LogP contribution in [0.4, 0.5) is 0 Å². The zero-order valence-electron chi connectivity index (χ0n) is 18.7. The Hall–Kier alpha value is -4.00. The minimum atomic E-state index is -0.678. The van der Waals surface area contributed by atoms with E-state index in [0.717, 1.165) is 70.3 Å². The normalized spacial score (nSPS) is 18.5. The van der Waals surface area contributed by atoms with E-state index in [2.05, 4.69) is 44.4 Å². The van der Waals surface area contributed by atoms with Gasteiger partial charge in [-0.05, 0) is 67.3 Å². The van der Waals surface area contributed by atoms with Crippen molar-refractivity contribution in [1.29, 1.82) is 0 Å². The smallest absolute Gasteiger partial charge is 0.303 e. The number of nitrogens with zero attached hydrogens (tertiary/aromatic N) is 3. The number of rotatable bonds is 5. The van der Waals surface area contributed by atoms with E-state index in [9.17, 15) is 4.79 Å². The molecule has 3 N–H and O–H groups in total. The number of aliphatic carboxylic acids is 1. The van der Waals surface area contributed by atoms with Crippen molar-refractivity contribution < 1.29 is 9.90 Å². The molecule has 6 rings (SSSR count). The molecule has 0 saturated heterocycles. The van der Waals surface area contributed by atoms with Gasteiger partial charge in [-0.15, -0.1) is 0 Å². The minimum Gasteiger partial charge on any atom is -0.481 e. The molecule has 0 spiro atoms. The van der Waals surface area contributed by atoms with E-state index in [-0.39, 0.29) is 0 Å². The van der Waals surface area contributed by atoms with Crippen molar-refractivity contribution in [3.8, 4) is 22.6 Å². The third-order valence-electron chi connectivity index (χ3n) is 7.07. The number of hydrogen-bond donors (Lipinski definition) is 3. The Morgan fingerprint density at radius 3 is 2.47 bits per heavy atom. The second kappa shape index (κ2) is 8.41. The maximum atomic E-state index is 11.0. The summed E-state index contributed by atoms with van der Waals surface area (Å²) in [5.41, 5.74) is 7.13. The second-order valence-electron chi connectivity index (χ2n) is 9.28. The van der Waals surface area contributed by atoms with Crippen molar-refractivity contribution in [1.82, 2.24) is 25.1 Å². The van der Waals surface area contributed by atoms with Crippen molar-refractivity contribution in [2.45, 2.75) is 38.0 Å². The predicted molar refractivity (Wildman–Crippen MR) is 131 cm³/mol. The highest BCUT2D eigenvalue weighted by atomic mass is 16.4. The number of aromatic nitrogens is 5. The first-order valence-corrected chi connectivity index (χ1v) is 11.7. The second-order valence-corrected chi connectivity index (χ2v) is 9.28. The molecule has 0 atom stereocenters. The van der Waals surface area contributed by atoms with E-state index in [1.807, 2.05) is 30.5 Å². The van der Waals surface area contributed by atoms with Crippen LogP contribution in [0.1, 0.15) is 43.6 Å². The highest BCUT2D eigenvalue weighted by molar-refractivity contribution is 5.94. The number of carboxylic acids is 1. The zero-order chi connectivity index (χ0) is 23.1. The number of H-pyrrole nitrogens is 2. The SMILES string of the molecule is O=C(O)CC1CCC(c2ccc(-c3ccc(-c4nc5cc6cn[nH]c6cc5[nH]4)cn3)cc2)CC1. The fourth-order valence-electron chi connectivity index (χ4n) is 5.16. The standard InChI is InChI=1S/C27H25N5O2/c33-26(34)11-16-1-3-17(4-2-16)18-5-7-19(8-6-18)22-10-9-20(14-28-22)27-30-24-12-21-15-29-32-23(21)13-25(24)31-27/h5-10,12-17H,1-4,11H2,(H,29,32)(H,30,31)(H,33,34). The van der Waals surface area contributed by atoms with Crippen LogP contribution in [0.3, 0.4) is 0 Å². The molecule has 0 amide bonds. The van der Waals surface area contributed by atoms with Crippen LogP contribution >= 0.6 is 0 Å². The van der Waals surface area contributed by atoms with Crippen molar-refractivity contribution in [3.05, 3.63) is 66.5 Å². The number of fused-ring (bicyclic) bond motifs is 2. The van der Waals surface area contributed by atoms with Crippen LogP contribution < -0.4 is 0 Å². The van der Waals surface area contributed by atoms with Crippen LogP contribution in [-0.2, 0) is 4.79 Å². The topological polar surface area (TPSA) is 108 Å². The van der Waals surface area contributed by atoms with Crippen LogP contribution in [0.5, 0.6) is 0 Å². The fraction of sp³-hybridized carbons (Fsp3) is 0.259. The highest BCUT2D eigenvalue weighted by Crippen LogP contribution is 2.37. The summed E-state index contributed by atoms with van der Waals surface area (Å²) in [5.74, 6) is 0.963. The number of hydrogen-bond acceptors (Lipinski definition) is 4. The molecule has 7 nitrogen and oxygen atoms in total. The number of pyridine rings is 1. The molecule has 3 aromatic heterocycles. The molecule has 0 unspecified atom stereocenters. The molecule has 7 heteroatoms. The molecule has 1 fully saturated rings. The molecular formula is C27H25N5O2. The predicted octanol–water partition coefficient (Wildman–Crippen LogP) is 5.92. The Labute approximate surface area is 196 Å². The molecule has 170 valence electrons. The quantitative estimate of drug-likeness (QED) is 0.308. The van der Waals surface area contributed by atoms with Gasteiger partial charge in [-0.25, -0.2) is 4.98 Å². The fourth-order valence-corrected chi connectivity index (χ4v) is 5.16. The van der Waals surface area contributed by atoms with E-state index < -0.39 is 5.97 Å². The van der Waals surface area contributed by atoms with E-state index in [0.29, 0.717) is 18.3 Å². The van der Waals surface area contributed by atoms with Gasteiger partial charge in [-0.2, -0.15) is 5.10 Å². The van der Waals surface area contributed by atoms with Crippen molar-refractivity contribution in [3.63, 3.8) is 0 Å². The summed E-state index contributed by atoms with van der Waals surface area (Å²) in [6.07, 6.45) is 8.08. The Morgan fingerprint density at radius 2 is 1.74 bits per heavy atom. The summed E-state index contributed by atoms with van der Waals surface area (Å²) in [6.45, 7) is 0. The Balaban J connectivity index is 1.16. The lowest BCUT2D eigenvalue weighted by molar-refractivity contribution is -0.138. The number of carbonyl (C=O) groups is 1. The van der Waals surface area contributed by atoms with Gasteiger partial charge in [-0.1, -0.05) is 24.3 Å². The lowest BCUT2D eigenvalue weighted by Gasteiger charge is -2.28. The maximum absolute atomic E-state index is 11.0. The van der Waals surface area contributed by atoms with Crippen LogP contribution in [0.2, 0.25) is 0 Å². The first-order valence-electron chi connectivity index (χ1n) is 11.7. The first-order chi connectivity index (χ1) is 16.6. The summed E-state index contributed by atoms with van der Waals surface area (Å²) >= 11 is 0. The first kappa shape index (κ1) is 20.6. The van der Waals surface area contributed by atoms with Crippen LogP contribution in [0, 0.1) is 5.92 Å². The van der Waals surface area contributed by atoms with Gasteiger partial charge in [0.05, 0.1) is 28.4 Å². The van der Waals surface area contributed by atoms with Gasteiger partial charge in [-0.3, -0.25) is 14.9 Å². The van der Waals surface area contributed by atoms with Crippen LogP contribution in [0.15, 0.2) is 60.9 Å². The molecule has 5 aromatic rings. The Morgan fingerprint density at radius 1 is 0.941 bits per heavy atom. The van der Waals surface area contributed by atoms with E-state index in [1.165, 1.54) is 5.56 Å². The molecule has 1 saturated carbocycles. The summed E-state index contributed by atoms with van der Waals surface area (Å²) in [7, 11) is 0. The van der Waals surface area contributed by atoms with Crippen LogP contribution in [0.25, 0.3) is 44.6 Å². The molecule has 0 radical (unpaired) electrons. The van der Waals surface area contributed by atoms with E-state index in [1.54, 1.807) is 6.20 Å². The maximum Gasteiger partial charge on any atom is 0.303 e. The third-order valence-corrected chi connectivity index (χ3v) is 7.07. The van der Waals surface area contributed by atoms with Crippen molar-refractivity contribution in [2.75, 3.05) is 0 Å². The minimum absolute atomic E-state index is 0.301. The van der Waals surface area contributed by atoms with Gasteiger partial charge < -0.3 is 10.1 Å². The van der Waals surface area contributed by atoms with Gasteiger partial charge >= 0.3 is 5.97 Å². The summed E-state index contributed by atoms with van der Waals surface area (Å²) < 4.78 is 0. The van der Waals surface area contributed by atoms with Crippen molar-refractivity contribution in [2.24, 2.45) is 5.92 Å². The summed E-state index contributed by atoms with van der Waals surface area (Å²) in [6, 6.07) is 16.8. The number of nitrogens with one attached hydrogen (secondary N) is 2. The molecular weight excluding hydrogens is 426 g/mol. The van der Waals surface area contributed by atoms with Gasteiger partial charge in [0, 0.05) is 29.1 Å². The Kier molecular flexibility index (Phi) is 5.09. The number of carboxylic acid groups (broad SMARTS) is 1. The summed E-state index contributed by atoms with van der Waals surface area (Å²) in [5, 5.41) is 17.1. The molecule has 3 heterocycles. The Bertz CT molecular complexity index is 1410. The van der Waals surface area contributed by atoms with Crippen LogP contribution in [-0.4, -0.2) is 36.2 Å². The van der Waals surface area contributed by atoms with E-state index >= 15 is 0 Å². The lowest BCUT2D eigenvalue weighted by atomic mass is 9.77. The molecule has 1 aliphatic rings. The molecule has 34 heavy (non-hydrogen) atoms. The average Bonchev–Trinajstić information content (AvgIpc) is 3.49. The van der Waals surface area contributed by atoms with Gasteiger partial charge in [0.15, 0.2) is 0 Å². The highest BCUT2D eigenvalue weighted by Gasteiger charge is 2.24. The van der Waals surface area contributed by atoms with Crippen molar-refractivity contribution >= 4 is 27.9 Å². The largest absolute Gasteiger partial charge is 0.481 e. The average molecular weight is 452 g/mol. The van der Waals surface area contributed by atoms with Gasteiger partial charge in [0.1, 0.15) is 5.82 Å². The lowest BCUT2D eigenvalue weighted by Crippen LogP contribution is -2.16. The molecule has 1 aliphatic carbocycles. The number of aromatic amines is 2. The van der Waals surface area contributed by atoms with Gasteiger partial charge in [0.25, 0.3) is 0 Å². The van der Waals surface area contributed by atoms with Gasteiger partial charge in [0.2, 0.25) is 0 Å².